The highest BCUT2D eigenvalue weighted by molar-refractivity contribution is 5.11. The molecule has 0 spiro atoms. The molecule has 0 radical (unpaired) electrons. The Morgan fingerprint density at radius 2 is 1.89 bits per heavy atom. The van der Waals surface area contributed by atoms with Gasteiger partial charge in [0.2, 0.25) is 0 Å². The second-order valence-electron chi connectivity index (χ2n) is 6.05. The van der Waals surface area contributed by atoms with E-state index in [1.54, 1.807) is 0 Å². The molecule has 1 saturated heterocycles. The first kappa shape index (κ1) is 12.1. The van der Waals surface area contributed by atoms with Gasteiger partial charge in [0, 0.05) is 30.4 Å². The highest BCUT2D eigenvalue weighted by Crippen LogP contribution is 2.32. The Kier molecular flexibility index (Phi) is 3.33. The van der Waals surface area contributed by atoms with Crippen LogP contribution in [0, 0.1) is 19.8 Å². The number of nitrogens with zero attached hydrogens (tertiary/aromatic N) is 3. The van der Waals surface area contributed by atoms with Gasteiger partial charge in [-0.15, -0.1) is 0 Å². The molecule has 1 saturated carbocycles. The Morgan fingerprint density at radius 3 is 2.56 bits per heavy atom. The van der Waals surface area contributed by atoms with E-state index in [-0.39, 0.29) is 0 Å². The Balaban J connectivity index is 1.70. The summed E-state index contributed by atoms with van der Waals surface area (Å²) in [7, 11) is 0. The fraction of sp³-hybridized carbons (Fsp3) is 0.733. The predicted molar refractivity (Wildman–Crippen MR) is 72.6 cm³/mol. The molecule has 3 nitrogen and oxygen atoms in total. The van der Waals surface area contributed by atoms with Crippen LogP contribution in [0.3, 0.4) is 0 Å². The molecule has 1 aliphatic carbocycles. The minimum absolute atomic E-state index is 0.552. The summed E-state index contributed by atoms with van der Waals surface area (Å²) in [6.07, 6.45) is 5.44. The van der Waals surface area contributed by atoms with E-state index < -0.39 is 0 Å². The van der Waals surface area contributed by atoms with Crippen LogP contribution in [-0.2, 0) is 0 Å². The number of aryl methyl sites for hydroxylation is 2. The number of rotatable bonds is 3. The van der Waals surface area contributed by atoms with Gasteiger partial charge < -0.3 is 4.90 Å². The van der Waals surface area contributed by atoms with Gasteiger partial charge in [0.15, 0.2) is 0 Å². The Bertz CT molecular complexity index is 405. The Labute approximate surface area is 110 Å². The van der Waals surface area contributed by atoms with Crippen molar-refractivity contribution in [3.8, 4) is 0 Å². The van der Waals surface area contributed by atoms with Crippen LogP contribution in [0.1, 0.15) is 48.8 Å². The maximum atomic E-state index is 4.65. The summed E-state index contributed by atoms with van der Waals surface area (Å²) in [4.78, 5) is 11.9. The zero-order valence-electron chi connectivity index (χ0n) is 11.5. The molecule has 0 aromatic carbocycles. The van der Waals surface area contributed by atoms with E-state index in [0.717, 1.165) is 23.1 Å². The van der Waals surface area contributed by atoms with Gasteiger partial charge in [0.25, 0.3) is 0 Å². The summed E-state index contributed by atoms with van der Waals surface area (Å²) in [6, 6.07) is 2.06. The molecule has 0 amide bonds. The molecule has 1 aliphatic heterocycles. The van der Waals surface area contributed by atoms with Crippen LogP contribution in [0.15, 0.2) is 6.07 Å². The summed E-state index contributed by atoms with van der Waals surface area (Å²) in [6.45, 7) is 7.89. The van der Waals surface area contributed by atoms with Crippen molar-refractivity contribution in [3.63, 3.8) is 0 Å². The number of piperidine rings is 1. The van der Waals surface area contributed by atoms with Gasteiger partial charge in [-0.2, -0.15) is 0 Å². The van der Waals surface area contributed by atoms with Crippen LogP contribution in [0.2, 0.25) is 0 Å². The third-order valence-electron chi connectivity index (χ3n) is 4.08. The summed E-state index contributed by atoms with van der Waals surface area (Å²) in [5.41, 5.74) is 2.22. The van der Waals surface area contributed by atoms with Crippen molar-refractivity contribution in [1.29, 1.82) is 0 Å². The van der Waals surface area contributed by atoms with E-state index in [9.17, 15) is 0 Å². The molecule has 1 aromatic heterocycles. The summed E-state index contributed by atoms with van der Waals surface area (Å²) in [5, 5.41) is 0. The lowest BCUT2D eigenvalue weighted by Crippen LogP contribution is -2.36. The monoisotopic (exact) mass is 245 g/mol. The van der Waals surface area contributed by atoms with E-state index in [1.165, 1.54) is 45.3 Å². The third kappa shape index (κ3) is 2.89. The lowest BCUT2D eigenvalue weighted by atomic mass is 9.96. The molecule has 18 heavy (non-hydrogen) atoms. The molecule has 2 fully saturated rings. The second kappa shape index (κ2) is 4.96. The van der Waals surface area contributed by atoms with Crippen molar-refractivity contribution in [1.82, 2.24) is 14.9 Å². The smallest absolute Gasteiger partial charge is 0.133 e. The fourth-order valence-corrected chi connectivity index (χ4v) is 3.03. The molecule has 3 heteroatoms. The van der Waals surface area contributed by atoms with Gasteiger partial charge in [0.05, 0.1) is 0 Å². The minimum Gasteiger partial charge on any atom is -0.302 e. The van der Waals surface area contributed by atoms with E-state index in [2.05, 4.69) is 34.8 Å². The molecular weight excluding hydrogens is 222 g/mol. The number of hydrogen-bond acceptors (Lipinski definition) is 3. The lowest BCUT2D eigenvalue weighted by molar-refractivity contribution is 0.196. The fourth-order valence-electron chi connectivity index (χ4n) is 3.03. The molecule has 2 heterocycles. The maximum absolute atomic E-state index is 4.65. The quantitative estimate of drug-likeness (QED) is 0.820. The van der Waals surface area contributed by atoms with Gasteiger partial charge >= 0.3 is 0 Å². The molecule has 1 atom stereocenters. The van der Waals surface area contributed by atoms with Gasteiger partial charge in [-0.25, -0.2) is 9.97 Å². The van der Waals surface area contributed by atoms with Crippen LogP contribution in [0.5, 0.6) is 0 Å². The summed E-state index contributed by atoms with van der Waals surface area (Å²) < 4.78 is 0. The largest absolute Gasteiger partial charge is 0.302 e. The summed E-state index contributed by atoms with van der Waals surface area (Å²) in [5.74, 6) is 2.62. The molecule has 1 aromatic rings. The zero-order valence-corrected chi connectivity index (χ0v) is 11.5. The lowest BCUT2D eigenvalue weighted by Gasteiger charge is -2.32. The maximum Gasteiger partial charge on any atom is 0.133 e. The van der Waals surface area contributed by atoms with Crippen LogP contribution < -0.4 is 0 Å². The topological polar surface area (TPSA) is 29.0 Å². The molecule has 0 N–H and O–H groups in total. The second-order valence-corrected chi connectivity index (χ2v) is 6.05. The third-order valence-corrected chi connectivity index (χ3v) is 4.08. The number of aromatic nitrogens is 2. The van der Waals surface area contributed by atoms with Crippen molar-refractivity contribution >= 4 is 0 Å². The van der Waals surface area contributed by atoms with Crippen LogP contribution in [-0.4, -0.2) is 34.5 Å². The zero-order chi connectivity index (χ0) is 12.5. The normalized spacial score (nSPS) is 25.3. The van der Waals surface area contributed by atoms with Gasteiger partial charge in [-0.3, -0.25) is 0 Å². The Hall–Kier alpha value is -0.960. The van der Waals surface area contributed by atoms with Gasteiger partial charge in [-0.1, -0.05) is 0 Å². The molecule has 3 rings (SSSR count). The first-order chi connectivity index (χ1) is 8.70. The van der Waals surface area contributed by atoms with E-state index in [0.29, 0.717) is 5.92 Å². The molecule has 0 unspecified atom stereocenters. The molecular formula is C15H23N3. The summed E-state index contributed by atoms with van der Waals surface area (Å²) >= 11 is 0. The van der Waals surface area contributed by atoms with Gasteiger partial charge in [0.1, 0.15) is 5.82 Å². The van der Waals surface area contributed by atoms with Crippen LogP contribution in [0.4, 0.5) is 0 Å². The van der Waals surface area contributed by atoms with Crippen LogP contribution in [0.25, 0.3) is 0 Å². The highest BCUT2D eigenvalue weighted by atomic mass is 15.1. The average molecular weight is 245 g/mol. The molecule has 0 bridgehead atoms. The molecule has 2 aliphatic rings. The van der Waals surface area contributed by atoms with Crippen molar-refractivity contribution in [2.45, 2.75) is 45.4 Å². The van der Waals surface area contributed by atoms with Crippen molar-refractivity contribution in [3.05, 3.63) is 23.3 Å². The average Bonchev–Trinajstić information content (AvgIpc) is 3.12. The number of likely N-dealkylation sites (tertiary alicyclic amines) is 1. The first-order valence-electron chi connectivity index (χ1n) is 7.25. The van der Waals surface area contributed by atoms with E-state index in [4.69, 9.17) is 0 Å². The van der Waals surface area contributed by atoms with Gasteiger partial charge in [-0.05, 0) is 58.1 Å². The van der Waals surface area contributed by atoms with Crippen molar-refractivity contribution < 1.29 is 0 Å². The first-order valence-corrected chi connectivity index (χ1v) is 7.25. The predicted octanol–water partition coefficient (Wildman–Crippen LogP) is 2.68. The molecule has 98 valence electrons. The highest BCUT2D eigenvalue weighted by Gasteiger charge is 2.29. The minimum atomic E-state index is 0.552. The van der Waals surface area contributed by atoms with Crippen molar-refractivity contribution in [2.75, 3.05) is 19.6 Å². The standard InChI is InChI=1S/C15H23N3/c1-11-8-12(2)17-15(16-11)14-4-3-7-18(10-14)9-13-5-6-13/h8,13-14H,3-7,9-10H2,1-2H3/t14-/m1/s1. The SMILES string of the molecule is Cc1cc(C)nc([C@@H]2CCCN(CC3CC3)C2)n1. The Morgan fingerprint density at radius 1 is 1.17 bits per heavy atom. The van der Waals surface area contributed by atoms with Crippen LogP contribution >= 0.6 is 0 Å². The van der Waals surface area contributed by atoms with E-state index >= 15 is 0 Å². The van der Waals surface area contributed by atoms with E-state index in [1.807, 2.05) is 0 Å². The van der Waals surface area contributed by atoms with Crippen molar-refractivity contribution in [2.24, 2.45) is 5.92 Å². The number of hydrogen-bond donors (Lipinski definition) is 0.